The summed E-state index contributed by atoms with van der Waals surface area (Å²) in [5.74, 6) is -2.27. The van der Waals surface area contributed by atoms with Gasteiger partial charge in [-0.1, -0.05) is 17.7 Å². The molecule has 1 aliphatic rings. The number of rotatable bonds is 9. The minimum absolute atomic E-state index is 0.102. The Morgan fingerprint density at radius 2 is 1.90 bits per heavy atom. The normalized spacial score (nSPS) is 12.5. The van der Waals surface area contributed by atoms with Gasteiger partial charge in [-0.25, -0.2) is 14.6 Å². The van der Waals surface area contributed by atoms with E-state index < -0.39 is 23.6 Å². The number of halogens is 2. The Morgan fingerprint density at radius 1 is 1.10 bits per heavy atom. The van der Waals surface area contributed by atoms with Crippen molar-refractivity contribution in [3.8, 4) is 11.5 Å². The van der Waals surface area contributed by atoms with Gasteiger partial charge in [0.1, 0.15) is 17.4 Å². The number of amides is 2. The molecule has 4 rings (SSSR count). The van der Waals surface area contributed by atoms with Gasteiger partial charge >= 0.3 is 17.8 Å². The zero-order valence-electron chi connectivity index (χ0n) is 21.8. The molecule has 0 fully saturated rings. The number of fused-ring (bicyclic) bond motifs is 1. The number of ether oxygens (including phenoxy) is 3. The van der Waals surface area contributed by atoms with E-state index >= 15 is 0 Å². The summed E-state index contributed by atoms with van der Waals surface area (Å²) < 4.78 is 30.3. The summed E-state index contributed by atoms with van der Waals surface area (Å²) in [5, 5.41) is 6.91. The molecule has 0 unspecified atom stereocenters. The highest BCUT2D eigenvalue weighted by Gasteiger charge is 2.28. The molecule has 0 bridgehead atoms. The van der Waals surface area contributed by atoms with E-state index in [4.69, 9.17) is 25.8 Å². The summed E-state index contributed by atoms with van der Waals surface area (Å²) >= 11 is 7.35. The summed E-state index contributed by atoms with van der Waals surface area (Å²) in [7, 11) is 1.27. The van der Waals surface area contributed by atoms with E-state index in [1.807, 2.05) is 0 Å². The van der Waals surface area contributed by atoms with Crippen molar-refractivity contribution in [2.24, 2.45) is 5.10 Å². The van der Waals surface area contributed by atoms with E-state index in [2.05, 4.69) is 15.8 Å². The van der Waals surface area contributed by atoms with Crippen LogP contribution in [0.5, 0.6) is 11.5 Å². The zero-order chi connectivity index (χ0) is 28.6. The first-order valence-electron chi connectivity index (χ1n) is 12.5. The second-order valence-corrected chi connectivity index (χ2v) is 10.2. The molecule has 2 aromatic carbocycles. The number of hydrogen-bond acceptors (Lipinski definition) is 8. The molecule has 12 heteroatoms. The van der Waals surface area contributed by atoms with Crippen LogP contribution in [0.3, 0.4) is 0 Å². The number of hydrogen-bond donors (Lipinski definition) is 2. The van der Waals surface area contributed by atoms with Gasteiger partial charge < -0.3 is 19.5 Å². The number of hydrazone groups is 1. The fraction of sp³-hybridized carbons (Fsp3) is 0.286. The first-order valence-corrected chi connectivity index (χ1v) is 13.7. The molecule has 9 nitrogen and oxygen atoms in total. The lowest BCUT2D eigenvalue weighted by Gasteiger charge is -2.13. The van der Waals surface area contributed by atoms with Gasteiger partial charge in [-0.05, 0) is 74.1 Å². The molecule has 1 aliphatic carbocycles. The number of aryl methyl sites for hydroxylation is 1. The van der Waals surface area contributed by atoms with Crippen LogP contribution in [-0.2, 0) is 33.8 Å². The van der Waals surface area contributed by atoms with E-state index in [9.17, 15) is 18.8 Å². The van der Waals surface area contributed by atoms with Gasteiger partial charge in [0.2, 0.25) is 0 Å². The summed E-state index contributed by atoms with van der Waals surface area (Å²) in [6.07, 6.45) is 4.78. The average Bonchev–Trinajstić information content (AvgIpc) is 3.31. The number of carbonyl (C=O) groups excluding carboxylic acids is 3. The molecule has 1 aromatic heterocycles. The molecule has 0 saturated heterocycles. The molecular formula is C28H27ClFN3O6S. The maximum Gasteiger partial charge on any atom is 0.341 e. The fourth-order valence-corrected chi connectivity index (χ4v) is 5.65. The van der Waals surface area contributed by atoms with E-state index in [0.717, 1.165) is 29.7 Å². The predicted molar refractivity (Wildman–Crippen MR) is 150 cm³/mol. The Morgan fingerprint density at radius 3 is 2.65 bits per heavy atom. The largest absolute Gasteiger partial charge is 0.490 e. The maximum absolute atomic E-state index is 14.1. The van der Waals surface area contributed by atoms with E-state index in [-0.39, 0.29) is 22.2 Å². The van der Waals surface area contributed by atoms with Crippen molar-refractivity contribution in [2.45, 2.75) is 39.2 Å². The Kier molecular flexibility index (Phi) is 9.73. The standard InChI is InChI=1S/C28H27ClFN3O6S/c1-3-38-22-13-16(11-12-21(22)39-15-18-19(29)8-6-9-20(18)30)14-31-33-26(35)25(34)32-27-24(28(36)37-2)17-7-4-5-10-23(17)40-27/h6,8-9,11-14H,3-5,7,10,15H2,1-2H3,(H,32,34)(H,33,35)/b31-14+. The van der Waals surface area contributed by atoms with Gasteiger partial charge in [0.25, 0.3) is 0 Å². The van der Waals surface area contributed by atoms with Gasteiger partial charge in [-0.3, -0.25) is 9.59 Å². The van der Waals surface area contributed by atoms with Crippen molar-refractivity contribution in [2.75, 3.05) is 19.0 Å². The Balaban J connectivity index is 1.40. The summed E-state index contributed by atoms with van der Waals surface area (Å²) in [4.78, 5) is 38.3. The van der Waals surface area contributed by atoms with Crippen molar-refractivity contribution in [1.82, 2.24) is 5.43 Å². The zero-order valence-corrected chi connectivity index (χ0v) is 23.4. The second-order valence-electron chi connectivity index (χ2n) is 8.69. The molecule has 40 heavy (non-hydrogen) atoms. The van der Waals surface area contributed by atoms with Crippen molar-refractivity contribution < 1.29 is 33.0 Å². The lowest BCUT2D eigenvalue weighted by molar-refractivity contribution is -0.136. The predicted octanol–water partition coefficient (Wildman–Crippen LogP) is 5.27. The van der Waals surface area contributed by atoms with Crippen LogP contribution >= 0.6 is 22.9 Å². The minimum atomic E-state index is -1.01. The van der Waals surface area contributed by atoms with Gasteiger partial charge in [0, 0.05) is 10.4 Å². The second kappa shape index (κ2) is 13.4. The number of nitrogens with zero attached hydrogens (tertiary/aromatic N) is 1. The molecular weight excluding hydrogens is 561 g/mol. The highest BCUT2D eigenvalue weighted by Crippen LogP contribution is 2.38. The molecule has 2 N–H and O–H groups in total. The Hall–Kier alpha value is -3.96. The SMILES string of the molecule is CCOc1cc(/C=N/NC(=O)C(=O)Nc2sc3c(c2C(=O)OC)CCCC3)ccc1OCc1c(F)cccc1Cl. The fourth-order valence-electron chi connectivity index (χ4n) is 4.16. The summed E-state index contributed by atoms with van der Waals surface area (Å²) in [6, 6.07) is 9.27. The molecule has 0 radical (unpaired) electrons. The number of thiophene rings is 1. The van der Waals surface area contributed by atoms with E-state index in [1.165, 1.54) is 36.8 Å². The van der Waals surface area contributed by atoms with E-state index in [1.54, 1.807) is 31.2 Å². The number of benzene rings is 2. The first-order chi connectivity index (χ1) is 19.3. The van der Waals surface area contributed by atoms with Gasteiger partial charge in [0.05, 0.1) is 30.5 Å². The Bertz CT molecular complexity index is 1440. The van der Waals surface area contributed by atoms with E-state index in [0.29, 0.717) is 35.7 Å². The summed E-state index contributed by atoms with van der Waals surface area (Å²) in [6.45, 7) is 2.04. The number of carbonyl (C=O) groups is 3. The van der Waals surface area contributed by atoms with Crippen LogP contribution < -0.4 is 20.2 Å². The Labute approximate surface area is 239 Å². The van der Waals surface area contributed by atoms with Gasteiger partial charge in [-0.2, -0.15) is 5.10 Å². The average molecular weight is 588 g/mol. The number of methoxy groups -OCH3 is 1. The third kappa shape index (κ3) is 6.78. The van der Waals surface area contributed by atoms with Crippen molar-refractivity contribution >= 4 is 51.9 Å². The number of esters is 1. The molecule has 210 valence electrons. The highest BCUT2D eigenvalue weighted by atomic mass is 35.5. The molecule has 0 spiro atoms. The topological polar surface area (TPSA) is 115 Å². The van der Waals surface area contributed by atoms with Crippen LogP contribution in [0.4, 0.5) is 9.39 Å². The van der Waals surface area contributed by atoms with Crippen LogP contribution in [0.1, 0.15) is 51.7 Å². The monoisotopic (exact) mass is 587 g/mol. The van der Waals surface area contributed by atoms with Crippen molar-refractivity contribution in [1.29, 1.82) is 0 Å². The number of nitrogens with one attached hydrogen (secondary N) is 2. The summed E-state index contributed by atoms with van der Waals surface area (Å²) in [5.41, 5.74) is 4.11. The molecule has 0 saturated carbocycles. The first kappa shape index (κ1) is 29.0. The third-order valence-electron chi connectivity index (χ3n) is 6.08. The molecule has 0 atom stereocenters. The lowest BCUT2D eigenvalue weighted by atomic mass is 9.95. The van der Waals surface area contributed by atoms with Gasteiger partial charge in [-0.15, -0.1) is 11.3 Å². The highest BCUT2D eigenvalue weighted by molar-refractivity contribution is 7.17. The van der Waals surface area contributed by atoms with Crippen molar-refractivity contribution in [3.05, 3.63) is 74.4 Å². The van der Waals surface area contributed by atoms with Crippen LogP contribution in [0.25, 0.3) is 0 Å². The molecule has 2 amide bonds. The smallest absolute Gasteiger partial charge is 0.341 e. The molecule has 1 heterocycles. The lowest BCUT2D eigenvalue weighted by Crippen LogP contribution is -2.32. The van der Waals surface area contributed by atoms with Crippen LogP contribution in [-0.4, -0.2) is 37.7 Å². The van der Waals surface area contributed by atoms with Gasteiger partial charge in [0.15, 0.2) is 11.5 Å². The van der Waals surface area contributed by atoms with Crippen molar-refractivity contribution in [3.63, 3.8) is 0 Å². The molecule has 3 aromatic rings. The maximum atomic E-state index is 14.1. The van der Waals surface area contributed by atoms with Crippen LogP contribution in [0.2, 0.25) is 5.02 Å². The molecule has 0 aliphatic heterocycles. The van der Waals surface area contributed by atoms with Crippen LogP contribution in [0.15, 0.2) is 41.5 Å². The minimum Gasteiger partial charge on any atom is -0.490 e. The quantitative estimate of drug-likeness (QED) is 0.152. The number of anilines is 1. The third-order valence-corrected chi connectivity index (χ3v) is 7.64. The van der Waals surface area contributed by atoms with Crippen LogP contribution in [0, 0.1) is 5.82 Å².